The van der Waals surface area contributed by atoms with Gasteiger partial charge in [0.15, 0.2) is 0 Å². The number of anilines is 1. The summed E-state index contributed by atoms with van der Waals surface area (Å²) in [5, 5.41) is 16.5. The van der Waals surface area contributed by atoms with Crippen molar-refractivity contribution in [1.82, 2.24) is 10.6 Å². The first-order valence-electron chi connectivity index (χ1n) is 11.0. The summed E-state index contributed by atoms with van der Waals surface area (Å²) in [6.07, 6.45) is 2.83. The van der Waals surface area contributed by atoms with E-state index in [4.69, 9.17) is 23.2 Å². The van der Waals surface area contributed by atoms with Gasteiger partial charge in [-0.25, -0.2) is 4.79 Å². The lowest BCUT2D eigenvalue weighted by Crippen LogP contribution is -2.51. The number of halogens is 2. The van der Waals surface area contributed by atoms with E-state index in [1.54, 1.807) is 6.07 Å². The van der Waals surface area contributed by atoms with Crippen LogP contribution in [0, 0.1) is 0 Å². The standard InChI is InChI=1S/C25H29Cl2N3O3/c1-3-4-14-25(2)29-23(27)21(30(25)20-13-9-8-12-18(20)26)16-22(31)28-19(24(32)33)15-17-10-6-5-7-11-17/h5-13,19,29H,3-4,14-16H2,1-2H3,(H,28,31)(H,32,33)/t19-,25?/m0/s1. The molecule has 0 fully saturated rings. The molecule has 6 nitrogen and oxygen atoms in total. The second-order valence-corrected chi connectivity index (χ2v) is 9.16. The SMILES string of the molecule is CCCCC1(C)NC(Cl)=C(CC(=O)N[C@@H](Cc2ccccc2)C(=O)O)N1c1ccccc1Cl. The second kappa shape index (κ2) is 10.9. The molecule has 2 aromatic rings. The Balaban J connectivity index is 1.83. The minimum atomic E-state index is -1.09. The molecule has 0 saturated carbocycles. The van der Waals surface area contributed by atoms with Gasteiger partial charge < -0.3 is 20.6 Å². The number of nitrogens with one attached hydrogen (secondary N) is 2. The molecule has 0 bridgehead atoms. The van der Waals surface area contributed by atoms with Gasteiger partial charge in [-0.15, -0.1) is 0 Å². The van der Waals surface area contributed by atoms with E-state index < -0.39 is 23.6 Å². The zero-order chi connectivity index (χ0) is 24.0. The first-order chi connectivity index (χ1) is 15.7. The molecule has 0 aliphatic carbocycles. The summed E-state index contributed by atoms with van der Waals surface area (Å²) < 4.78 is 0. The summed E-state index contributed by atoms with van der Waals surface area (Å²) in [7, 11) is 0. The number of carboxylic acid groups (broad SMARTS) is 1. The lowest BCUT2D eigenvalue weighted by atomic mass is 10.0. The van der Waals surface area contributed by atoms with Crippen LogP contribution in [0.25, 0.3) is 0 Å². The monoisotopic (exact) mass is 489 g/mol. The number of hydrogen-bond donors (Lipinski definition) is 3. The van der Waals surface area contributed by atoms with E-state index in [1.165, 1.54) is 0 Å². The van der Waals surface area contributed by atoms with Crippen LogP contribution in [0.4, 0.5) is 5.69 Å². The molecule has 0 radical (unpaired) electrons. The van der Waals surface area contributed by atoms with Crippen molar-refractivity contribution in [3.63, 3.8) is 0 Å². The highest BCUT2D eigenvalue weighted by Crippen LogP contribution is 2.42. The van der Waals surface area contributed by atoms with Crippen molar-refractivity contribution < 1.29 is 14.7 Å². The van der Waals surface area contributed by atoms with Gasteiger partial charge in [0.25, 0.3) is 0 Å². The number of para-hydroxylation sites is 1. The molecule has 33 heavy (non-hydrogen) atoms. The lowest BCUT2D eigenvalue weighted by Gasteiger charge is -2.39. The van der Waals surface area contributed by atoms with E-state index in [0.717, 1.165) is 30.5 Å². The number of rotatable bonds is 10. The molecule has 2 aromatic carbocycles. The molecule has 0 saturated heterocycles. The third-order valence-corrected chi connectivity index (χ3v) is 6.38. The largest absolute Gasteiger partial charge is 0.480 e. The number of unbranched alkanes of at least 4 members (excludes halogenated alkanes) is 1. The lowest BCUT2D eigenvalue weighted by molar-refractivity contribution is -0.141. The summed E-state index contributed by atoms with van der Waals surface area (Å²) in [5.41, 5.74) is 1.56. The van der Waals surface area contributed by atoms with Crippen molar-refractivity contribution in [3.8, 4) is 0 Å². The highest BCUT2D eigenvalue weighted by atomic mass is 35.5. The zero-order valence-corrected chi connectivity index (χ0v) is 20.3. The zero-order valence-electron chi connectivity index (χ0n) is 18.8. The van der Waals surface area contributed by atoms with Crippen molar-refractivity contribution in [3.05, 3.63) is 76.0 Å². The first-order valence-corrected chi connectivity index (χ1v) is 11.8. The summed E-state index contributed by atoms with van der Waals surface area (Å²) in [6, 6.07) is 15.6. The fourth-order valence-electron chi connectivity index (χ4n) is 4.10. The molecule has 2 atom stereocenters. The highest BCUT2D eigenvalue weighted by Gasteiger charge is 2.42. The molecule has 1 aliphatic rings. The summed E-state index contributed by atoms with van der Waals surface area (Å²) in [6.45, 7) is 4.13. The van der Waals surface area contributed by atoms with Gasteiger partial charge in [-0.1, -0.05) is 79.0 Å². The highest BCUT2D eigenvalue weighted by molar-refractivity contribution is 6.34. The summed E-state index contributed by atoms with van der Waals surface area (Å²) in [5.74, 6) is -1.52. The van der Waals surface area contributed by atoms with Gasteiger partial charge in [0.05, 0.1) is 22.8 Å². The number of benzene rings is 2. The normalized spacial score (nSPS) is 18.7. The van der Waals surface area contributed by atoms with Crippen LogP contribution in [-0.4, -0.2) is 28.7 Å². The Kier molecular flexibility index (Phi) is 8.27. The Labute approximate surface area is 204 Å². The maximum atomic E-state index is 13.0. The average molecular weight is 490 g/mol. The fourth-order valence-corrected chi connectivity index (χ4v) is 4.68. The Morgan fingerprint density at radius 2 is 1.79 bits per heavy atom. The molecular formula is C25H29Cl2N3O3. The Morgan fingerprint density at radius 3 is 2.42 bits per heavy atom. The van der Waals surface area contributed by atoms with Crippen molar-refractivity contribution >= 4 is 40.8 Å². The predicted molar refractivity (Wildman–Crippen MR) is 132 cm³/mol. The maximum Gasteiger partial charge on any atom is 0.326 e. The number of aliphatic carboxylic acids is 1. The minimum Gasteiger partial charge on any atom is -0.480 e. The van der Waals surface area contributed by atoms with E-state index in [1.807, 2.05) is 60.4 Å². The van der Waals surface area contributed by atoms with Crippen LogP contribution in [0.3, 0.4) is 0 Å². The van der Waals surface area contributed by atoms with Crippen molar-refractivity contribution in [1.29, 1.82) is 0 Å². The van der Waals surface area contributed by atoms with E-state index >= 15 is 0 Å². The topological polar surface area (TPSA) is 81.7 Å². The summed E-state index contributed by atoms with van der Waals surface area (Å²) >= 11 is 13.1. The van der Waals surface area contributed by atoms with E-state index in [2.05, 4.69) is 17.6 Å². The van der Waals surface area contributed by atoms with Gasteiger partial charge in [0, 0.05) is 6.42 Å². The Hall–Kier alpha value is -2.70. The maximum absolute atomic E-state index is 13.0. The molecule has 3 N–H and O–H groups in total. The van der Waals surface area contributed by atoms with Crippen LogP contribution in [0.2, 0.25) is 5.02 Å². The third-order valence-electron chi connectivity index (χ3n) is 5.75. The van der Waals surface area contributed by atoms with Gasteiger partial charge in [0.1, 0.15) is 16.9 Å². The van der Waals surface area contributed by atoms with Crippen LogP contribution >= 0.6 is 23.2 Å². The van der Waals surface area contributed by atoms with Gasteiger partial charge in [-0.05, 0) is 37.5 Å². The van der Waals surface area contributed by atoms with Crippen LogP contribution < -0.4 is 15.5 Å². The molecule has 1 heterocycles. The molecular weight excluding hydrogens is 461 g/mol. The van der Waals surface area contributed by atoms with Crippen molar-refractivity contribution in [2.75, 3.05) is 4.90 Å². The predicted octanol–water partition coefficient (Wildman–Crippen LogP) is 5.27. The fraction of sp³-hybridized carbons (Fsp3) is 0.360. The number of nitrogens with zero attached hydrogens (tertiary/aromatic N) is 1. The summed E-state index contributed by atoms with van der Waals surface area (Å²) in [4.78, 5) is 26.8. The quantitative estimate of drug-likeness (QED) is 0.396. The van der Waals surface area contributed by atoms with Gasteiger partial charge in [0.2, 0.25) is 5.91 Å². The molecule has 1 amide bonds. The number of amides is 1. The van der Waals surface area contributed by atoms with Crippen molar-refractivity contribution in [2.24, 2.45) is 0 Å². The van der Waals surface area contributed by atoms with Crippen molar-refractivity contribution in [2.45, 2.75) is 57.7 Å². The van der Waals surface area contributed by atoms with Gasteiger partial charge in [-0.2, -0.15) is 0 Å². The number of carbonyl (C=O) groups excluding carboxylic acids is 1. The number of hydrogen-bond acceptors (Lipinski definition) is 4. The Bertz CT molecular complexity index is 1030. The van der Waals surface area contributed by atoms with Crippen LogP contribution in [0.15, 0.2) is 65.5 Å². The molecule has 0 aromatic heterocycles. The van der Waals surface area contributed by atoms with Crippen LogP contribution in [0.5, 0.6) is 0 Å². The van der Waals surface area contributed by atoms with E-state index in [9.17, 15) is 14.7 Å². The molecule has 0 spiro atoms. The molecule has 1 aliphatic heterocycles. The Morgan fingerprint density at radius 1 is 1.12 bits per heavy atom. The number of carboxylic acids is 1. The first kappa shape index (κ1) is 24.9. The third kappa shape index (κ3) is 6.01. The van der Waals surface area contributed by atoms with Crippen LogP contribution in [-0.2, 0) is 16.0 Å². The van der Waals surface area contributed by atoms with Gasteiger partial charge >= 0.3 is 5.97 Å². The second-order valence-electron chi connectivity index (χ2n) is 8.37. The minimum absolute atomic E-state index is 0.0860. The molecule has 176 valence electrons. The number of carbonyl (C=O) groups is 2. The van der Waals surface area contributed by atoms with E-state index in [0.29, 0.717) is 15.9 Å². The van der Waals surface area contributed by atoms with E-state index in [-0.39, 0.29) is 12.8 Å². The molecule has 3 rings (SSSR count). The average Bonchev–Trinajstić information content (AvgIpc) is 3.02. The van der Waals surface area contributed by atoms with Gasteiger partial charge in [-0.3, -0.25) is 4.79 Å². The smallest absolute Gasteiger partial charge is 0.326 e. The molecule has 1 unspecified atom stereocenters. The molecule has 8 heteroatoms. The van der Waals surface area contributed by atoms with Crippen LogP contribution in [0.1, 0.15) is 45.1 Å².